The van der Waals surface area contributed by atoms with Gasteiger partial charge >= 0.3 is 0 Å². The smallest absolute Gasteiger partial charge is 0.223 e. The van der Waals surface area contributed by atoms with Crippen LogP contribution in [-0.2, 0) is 9.53 Å². The molecule has 1 amide bonds. The lowest BCUT2D eigenvalue weighted by Crippen LogP contribution is -2.46. The third-order valence-electron chi connectivity index (χ3n) is 4.97. The van der Waals surface area contributed by atoms with E-state index in [1.807, 2.05) is 0 Å². The molecule has 1 saturated heterocycles. The number of carbonyl (C=O) groups excluding carboxylic acids is 1. The summed E-state index contributed by atoms with van der Waals surface area (Å²) < 4.78 is 5.40. The summed E-state index contributed by atoms with van der Waals surface area (Å²) in [4.78, 5) is 12.3. The lowest BCUT2D eigenvalue weighted by Gasteiger charge is -2.29. The molecule has 0 aromatic carbocycles. The Bertz CT molecular complexity index is 301. The molecule has 0 spiro atoms. The summed E-state index contributed by atoms with van der Waals surface area (Å²) in [6.07, 6.45) is 8.70. The van der Waals surface area contributed by atoms with E-state index >= 15 is 0 Å². The topological polar surface area (TPSA) is 50.4 Å². The number of carbonyl (C=O) groups is 1. The normalized spacial score (nSPS) is 34.1. The van der Waals surface area contributed by atoms with Gasteiger partial charge in [-0.15, -0.1) is 0 Å². The van der Waals surface area contributed by atoms with Crippen molar-refractivity contribution in [2.24, 2.45) is 11.8 Å². The molecular formula is C16H30N2O2. The third-order valence-corrected chi connectivity index (χ3v) is 4.97. The lowest BCUT2D eigenvalue weighted by atomic mass is 9.79. The molecule has 1 aliphatic heterocycles. The molecular weight excluding hydrogens is 252 g/mol. The molecule has 1 heterocycles. The maximum Gasteiger partial charge on any atom is 0.223 e. The first-order valence-electron chi connectivity index (χ1n) is 8.28. The predicted molar refractivity (Wildman–Crippen MR) is 80.6 cm³/mol. The molecule has 2 aliphatic rings. The summed E-state index contributed by atoms with van der Waals surface area (Å²) in [5, 5.41) is 6.45. The number of hydrogen-bond donors (Lipinski definition) is 2. The van der Waals surface area contributed by atoms with E-state index < -0.39 is 0 Å². The summed E-state index contributed by atoms with van der Waals surface area (Å²) in [6.45, 7) is 3.92. The van der Waals surface area contributed by atoms with Crippen molar-refractivity contribution < 1.29 is 9.53 Å². The van der Waals surface area contributed by atoms with E-state index in [1.165, 1.54) is 32.1 Å². The van der Waals surface area contributed by atoms with Gasteiger partial charge in [-0.3, -0.25) is 4.79 Å². The van der Waals surface area contributed by atoms with Gasteiger partial charge in [-0.2, -0.15) is 0 Å². The Morgan fingerprint density at radius 1 is 1.25 bits per heavy atom. The van der Waals surface area contributed by atoms with Gasteiger partial charge in [0.2, 0.25) is 5.91 Å². The number of methoxy groups -OCH3 is 1. The molecule has 4 heteroatoms. The van der Waals surface area contributed by atoms with E-state index in [-0.39, 0.29) is 24.0 Å². The minimum Gasteiger partial charge on any atom is -0.378 e. The van der Waals surface area contributed by atoms with Gasteiger partial charge in [0.15, 0.2) is 0 Å². The van der Waals surface area contributed by atoms with Gasteiger partial charge in [0.1, 0.15) is 0 Å². The molecule has 116 valence electrons. The van der Waals surface area contributed by atoms with Crippen LogP contribution in [0.1, 0.15) is 51.9 Å². The SMILES string of the molecule is CCCCC1CCC(C(=O)NC2CNC[C@@H]2OC)CC1. The van der Waals surface area contributed by atoms with Crippen molar-refractivity contribution in [3.8, 4) is 0 Å². The van der Waals surface area contributed by atoms with Crippen LogP contribution < -0.4 is 10.6 Å². The molecule has 2 fully saturated rings. The quantitative estimate of drug-likeness (QED) is 0.784. The van der Waals surface area contributed by atoms with Gasteiger partial charge in [-0.25, -0.2) is 0 Å². The standard InChI is InChI=1S/C16H30N2O2/c1-3-4-5-12-6-8-13(9-7-12)16(19)18-14-10-17-11-15(14)20-2/h12-15,17H,3-11H2,1-2H3,(H,18,19)/t12?,13?,14?,15-/m0/s1. The van der Waals surface area contributed by atoms with Crippen LogP contribution in [0.25, 0.3) is 0 Å². The van der Waals surface area contributed by atoms with Crippen LogP contribution in [0.4, 0.5) is 0 Å². The minimum atomic E-state index is 0.125. The van der Waals surface area contributed by atoms with Crippen molar-refractivity contribution in [1.29, 1.82) is 0 Å². The third kappa shape index (κ3) is 4.19. The van der Waals surface area contributed by atoms with Crippen molar-refractivity contribution in [2.75, 3.05) is 20.2 Å². The molecule has 1 saturated carbocycles. The van der Waals surface area contributed by atoms with E-state index in [9.17, 15) is 4.79 Å². The molecule has 0 aromatic heterocycles. The zero-order valence-electron chi connectivity index (χ0n) is 13.0. The van der Waals surface area contributed by atoms with Crippen molar-refractivity contribution in [1.82, 2.24) is 10.6 Å². The molecule has 1 unspecified atom stereocenters. The second-order valence-electron chi connectivity index (χ2n) is 6.41. The average Bonchev–Trinajstić information content (AvgIpc) is 2.92. The van der Waals surface area contributed by atoms with Crippen molar-refractivity contribution in [3.05, 3.63) is 0 Å². The van der Waals surface area contributed by atoms with Crippen molar-refractivity contribution in [3.63, 3.8) is 0 Å². The zero-order valence-corrected chi connectivity index (χ0v) is 13.0. The summed E-state index contributed by atoms with van der Waals surface area (Å²) in [7, 11) is 1.72. The lowest BCUT2D eigenvalue weighted by molar-refractivity contribution is -0.127. The molecule has 1 aliphatic carbocycles. The molecule has 0 bridgehead atoms. The van der Waals surface area contributed by atoms with Crippen molar-refractivity contribution in [2.45, 2.75) is 64.0 Å². The van der Waals surface area contributed by atoms with Crippen LogP contribution in [-0.4, -0.2) is 38.3 Å². The highest BCUT2D eigenvalue weighted by Crippen LogP contribution is 2.32. The van der Waals surface area contributed by atoms with Gasteiger partial charge in [0.25, 0.3) is 0 Å². The summed E-state index contributed by atoms with van der Waals surface area (Å²) in [5.74, 6) is 1.33. The fourth-order valence-corrected chi connectivity index (χ4v) is 3.55. The van der Waals surface area contributed by atoms with E-state index in [0.29, 0.717) is 0 Å². The molecule has 0 radical (unpaired) electrons. The molecule has 0 aromatic rings. The van der Waals surface area contributed by atoms with Crippen LogP contribution in [0.2, 0.25) is 0 Å². The number of rotatable bonds is 6. The highest BCUT2D eigenvalue weighted by atomic mass is 16.5. The average molecular weight is 282 g/mol. The molecule has 2 N–H and O–H groups in total. The maximum atomic E-state index is 12.3. The second-order valence-corrected chi connectivity index (χ2v) is 6.41. The summed E-state index contributed by atoms with van der Waals surface area (Å²) in [6, 6.07) is 0.144. The first kappa shape index (κ1) is 15.8. The fourth-order valence-electron chi connectivity index (χ4n) is 3.55. The van der Waals surface area contributed by atoms with E-state index in [0.717, 1.165) is 31.8 Å². The zero-order chi connectivity index (χ0) is 14.4. The summed E-state index contributed by atoms with van der Waals surface area (Å²) >= 11 is 0. The predicted octanol–water partition coefficient (Wildman–Crippen LogP) is 2.09. The number of amides is 1. The van der Waals surface area contributed by atoms with E-state index in [1.54, 1.807) is 7.11 Å². The first-order valence-corrected chi connectivity index (χ1v) is 8.28. The molecule has 2 rings (SSSR count). The largest absolute Gasteiger partial charge is 0.378 e. The van der Waals surface area contributed by atoms with Crippen LogP contribution in [0.3, 0.4) is 0 Å². The Morgan fingerprint density at radius 3 is 2.65 bits per heavy atom. The summed E-state index contributed by atoms with van der Waals surface area (Å²) in [5.41, 5.74) is 0. The van der Waals surface area contributed by atoms with Crippen LogP contribution in [0.5, 0.6) is 0 Å². The number of unbranched alkanes of at least 4 members (excludes halogenated alkanes) is 1. The van der Waals surface area contributed by atoms with E-state index in [2.05, 4.69) is 17.6 Å². The fraction of sp³-hybridized carbons (Fsp3) is 0.938. The van der Waals surface area contributed by atoms with E-state index in [4.69, 9.17) is 4.74 Å². The Kier molecular flexibility index (Phi) is 6.30. The Morgan fingerprint density at radius 2 is 2.00 bits per heavy atom. The maximum absolute atomic E-state index is 12.3. The highest BCUT2D eigenvalue weighted by molar-refractivity contribution is 5.79. The Balaban J connectivity index is 1.71. The number of hydrogen-bond acceptors (Lipinski definition) is 3. The van der Waals surface area contributed by atoms with Gasteiger partial charge in [-0.05, 0) is 31.6 Å². The first-order chi connectivity index (χ1) is 9.74. The molecule has 4 nitrogen and oxygen atoms in total. The van der Waals surface area contributed by atoms with Gasteiger partial charge in [-0.1, -0.05) is 26.2 Å². The van der Waals surface area contributed by atoms with Crippen molar-refractivity contribution >= 4 is 5.91 Å². The molecule has 2 atom stereocenters. The van der Waals surface area contributed by atoms with Gasteiger partial charge in [0.05, 0.1) is 12.1 Å². The van der Waals surface area contributed by atoms with Crippen LogP contribution in [0.15, 0.2) is 0 Å². The number of ether oxygens (including phenoxy) is 1. The van der Waals surface area contributed by atoms with Gasteiger partial charge < -0.3 is 15.4 Å². The Labute approximate surface area is 123 Å². The Hall–Kier alpha value is -0.610. The van der Waals surface area contributed by atoms with Crippen LogP contribution in [0, 0.1) is 11.8 Å². The monoisotopic (exact) mass is 282 g/mol. The number of nitrogens with one attached hydrogen (secondary N) is 2. The van der Waals surface area contributed by atoms with Gasteiger partial charge in [0, 0.05) is 26.1 Å². The minimum absolute atomic E-state index is 0.125. The highest BCUT2D eigenvalue weighted by Gasteiger charge is 2.32. The van der Waals surface area contributed by atoms with Crippen LogP contribution >= 0.6 is 0 Å². The second kappa shape index (κ2) is 7.99. The molecule has 20 heavy (non-hydrogen) atoms.